The monoisotopic (exact) mass is 665 g/mol. The Labute approximate surface area is 283 Å². The number of aliphatic hydroxyl groups excluding tert-OH is 1. The Bertz CT molecular complexity index is 899. The van der Waals surface area contributed by atoms with Gasteiger partial charge in [0.15, 0.2) is 0 Å². The molecule has 0 unspecified atom stereocenters. The van der Waals surface area contributed by atoms with Crippen molar-refractivity contribution in [3.8, 4) is 0 Å². The van der Waals surface area contributed by atoms with Crippen LogP contribution in [0.4, 0.5) is 0 Å². The van der Waals surface area contributed by atoms with Crippen LogP contribution < -0.4 is 16.0 Å². The first-order chi connectivity index (χ1) is 21.7. The predicted octanol–water partition coefficient (Wildman–Crippen LogP) is 7.85. The number of carbonyl (C=O) groups is 3. The van der Waals surface area contributed by atoms with E-state index in [1.54, 1.807) is 21.6 Å². The molecular weight excluding hydrogens is 603 g/mol. The van der Waals surface area contributed by atoms with Gasteiger partial charge in [-0.3, -0.25) is 14.4 Å². The molecule has 0 fully saturated rings. The molecule has 0 aliphatic heterocycles. The average molecular weight is 666 g/mol. The van der Waals surface area contributed by atoms with Crippen LogP contribution in [0.3, 0.4) is 0 Å². The fourth-order valence-corrected chi connectivity index (χ4v) is 5.27. The summed E-state index contributed by atoms with van der Waals surface area (Å²) in [6, 6.07) is 0. The van der Waals surface area contributed by atoms with Gasteiger partial charge in [0.2, 0.25) is 17.7 Å². The Morgan fingerprint density at radius 1 is 0.667 bits per heavy atom. The molecule has 7 nitrogen and oxygen atoms in total. The summed E-state index contributed by atoms with van der Waals surface area (Å²) < 4.78 is 0. The summed E-state index contributed by atoms with van der Waals surface area (Å²) in [5.74, 6) is 1.08. The van der Waals surface area contributed by atoms with E-state index in [0.717, 1.165) is 56.5 Å². The molecule has 0 aliphatic carbocycles. The SMILES string of the molecule is CC.CC/C=C\C/C=C\C/C=C\C/C=C\C/C=C\CCCC(=O)NCCSSCCNC(=O)CCNC(=O)[C@H](O)C(C)(C)CC. The number of unbranched alkanes of at least 4 members (excludes halogenated alkanes) is 1. The zero-order valence-corrected chi connectivity index (χ0v) is 30.6. The fourth-order valence-electron chi connectivity index (χ4n) is 3.45. The number of aliphatic hydroxyl groups is 1. The molecule has 0 aromatic rings. The van der Waals surface area contributed by atoms with Crippen LogP contribution in [0.1, 0.15) is 106 Å². The van der Waals surface area contributed by atoms with Crippen LogP contribution >= 0.6 is 21.6 Å². The van der Waals surface area contributed by atoms with Crippen LogP contribution in [0.15, 0.2) is 60.8 Å². The van der Waals surface area contributed by atoms with E-state index in [2.05, 4.69) is 83.6 Å². The van der Waals surface area contributed by atoms with E-state index in [4.69, 9.17) is 0 Å². The summed E-state index contributed by atoms with van der Waals surface area (Å²) in [5.41, 5.74) is -0.499. The molecule has 9 heteroatoms. The Balaban J connectivity index is 0. The third-order valence-corrected chi connectivity index (χ3v) is 8.99. The highest BCUT2D eigenvalue weighted by Crippen LogP contribution is 2.24. The summed E-state index contributed by atoms with van der Waals surface area (Å²) in [7, 11) is 3.32. The van der Waals surface area contributed by atoms with Crippen molar-refractivity contribution in [2.24, 2.45) is 5.41 Å². The van der Waals surface area contributed by atoms with Crippen LogP contribution in [0, 0.1) is 5.41 Å². The normalized spacial score (nSPS) is 12.7. The van der Waals surface area contributed by atoms with Gasteiger partial charge in [-0.1, -0.05) is 124 Å². The molecule has 1 atom stereocenters. The zero-order chi connectivity index (χ0) is 34.0. The number of amides is 3. The van der Waals surface area contributed by atoms with E-state index >= 15 is 0 Å². The average Bonchev–Trinajstić information content (AvgIpc) is 3.04. The molecule has 258 valence electrons. The van der Waals surface area contributed by atoms with Gasteiger partial charge in [-0.25, -0.2) is 0 Å². The Hall–Kier alpha value is -2.23. The number of allylic oxidation sites excluding steroid dienone is 10. The number of nitrogens with one attached hydrogen (secondary N) is 3. The van der Waals surface area contributed by atoms with Gasteiger partial charge in [-0.2, -0.15) is 0 Å². The lowest BCUT2D eigenvalue weighted by molar-refractivity contribution is -0.135. The van der Waals surface area contributed by atoms with Gasteiger partial charge in [0.25, 0.3) is 0 Å². The summed E-state index contributed by atoms with van der Waals surface area (Å²) >= 11 is 0. The van der Waals surface area contributed by atoms with E-state index in [9.17, 15) is 19.5 Å². The highest BCUT2D eigenvalue weighted by molar-refractivity contribution is 8.76. The topological polar surface area (TPSA) is 108 Å². The number of hydrogen-bond acceptors (Lipinski definition) is 6. The highest BCUT2D eigenvalue weighted by Gasteiger charge is 2.31. The van der Waals surface area contributed by atoms with Crippen LogP contribution in [0.25, 0.3) is 0 Å². The number of rotatable bonds is 26. The molecule has 0 radical (unpaired) electrons. The third-order valence-electron chi connectivity index (χ3n) is 6.58. The Morgan fingerprint density at radius 3 is 1.58 bits per heavy atom. The molecule has 0 aliphatic rings. The lowest BCUT2D eigenvalue weighted by atomic mass is 9.83. The summed E-state index contributed by atoms with van der Waals surface area (Å²) in [6.45, 7) is 13.1. The van der Waals surface area contributed by atoms with Crippen molar-refractivity contribution in [2.45, 2.75) is 112 Å². The first kappa shape index (κ1) is 44.9. The van der Waals surface area contributed by atoms with Gasteiger partial charge in [0, 0.05) is 44.0 Å². The van der Waals surface area contributed by atoms with E-state index < -0.39 is 17.4 Å². The molecule has 0 aromatic carbocycles. The highest BCUT2D eigenvalue weighted by atomic mass is 33.1. The quantitative estimate of drug-likeness (QED) is 0.0426. The predicted molar refractivity (Wildman–Crippen MR) is 198 cm³/mol. The molecule has 45 heavy (non-hydrogen) atoms. The van der Waals surface area contributed by atoms with E-state index in [-0.39, 0.29) is 24.8 Å². The van der Waals surface area contributed by atoms with Crippen LogP contribution in [0.5, 0.6) is 0 Å². The molecule has 0 bridgehead atoms. The van der Waals surface area contributed by atoms with E-state index in [1.807, 2.05) is 34.6 Å². The smallest absolute Gasteiger partial charge is 0.249 e. The third kappa shape index (κ3) is 30.2. The minimum Gasteiger partial charge on any atom is -0.383 e. The van der Waals surface area contributed by atoms with Crippen LogP contribution in [-0.2, 0) is 14.4 Å². The minimum absolute atomic E-state index is 0.0862. The largest absolute Gasteiger partial charge is 0.383 e. The molecule has 0 spiro atoms. The second-order valence-corrected chi connectivity index (χ2v) is 13.4. The summed E-state index contributed by atoms with van der Waals surface area (Å²) in [4.78, 5) is 35.9. The molecule has 0 aromatic heterocycles. The Kier molecular flexibility index (Phi) is 33.1. The van der Waals surface area contributed by atoms with Gasteiger partial charge in [-0.15, -0.1) is 0 Å². The lowest BCUT2D eigenvalue weighted by Crippen LogP contribution is -2.44. The molecule has 0 saturated carbocycles. The second kappa shape index (κ2) is 33.1. The molecule has 0 saturated heterocycles. The van der Waals surface area contributed by atoms with Crippen molar-refractivity contribution >= 4 is 39.3 Å². The van der Waals surface area contributed by atoms with Crippen molar-refractivity contribution in [2.75, 3.05) is 31.1 Å². The first-order valence-corrected chi connectivity index (χ1v) is 19.2. The summed E-state index contributed by atoms with van der Waals surface area (Å²) in [6.07, 6.45) is 28.8. The van der Waals surface area contributed by atoms with Gasteiger partial charge >= 0.3 is 0 Å². The van der Waals surface area contributed by atoms with E-state index in [0.29, 0.717) is 25.9 Å². The van der Waals surface area contributed by atoms with Crippen molar-refractivity contribution in [1.82, 2.24) is 16.0 Å². The first-order valence-electron chi connectivity index (χ1n) is 16.7. The van der Waals surface area contributed by atoms with Gasteiger partial charge in [-0.05, 0) is 56.8 Å². The van der Waals surface area contributed by atoms with Crippen molar-refractivity contribution in [1.29, 1.82) is 0 Å². The maximum absolute atomic E-state index is 12.0. The van der Waals surface area contributed by atoms with Gasteiger partial charge in [0.1, 0.15) is 6.10 Å². The molecule has 3 amide bonds. The maximum atomic E-state index is 12.0. The Morgan fingerprint density at radius 2 is 1.11 bits per heavy atom. The second-order valence-electron chi connectivity index (χ2n) is 10.7. The van der Waals surface area contributed by atoms with Crippen LogP contribution in [-0.4, -0.2) is 60.1 Å². The van der Waals surface area contributed by atoms with Gasteiger partial charge in [0.05, 0.1) is 0 Å². The van der Waals surface area contributed by atoms with Crippen LogP contribution in [0.2, 0.25) is 0 Å². The zero-order valence-electron chi connectivity index (χ0n) is 28.9. The minimum atomic E-state index is -1.09. The summed E-state index contributed by atoms with van der Waals surface area (Å²) in [5, 5.41) is 18.5. The molecular formula is C36H63N3O4S2. The molecule has 0 heterocycles. The van der Waals surface area contributed by atoms with Crippen molar-refractivity contribution < 1.29 is 19.5 Å². The molecule has 4 N–H and O–H groups in total. The van der Waals surface area contributed by atoms with Crippen molar-refractivity contribution in [3.05, 3.63) is 60.8 Å². The maximum Gasteiger partial charge on any atom is 0.249 e. The number of hydrogen-bond donors (Lipinski definition) is 4. The van der Waals surface area contributed by atoms with Gasteiger partial charge < -0.3 is 21.1 Å². The lowest BCUT2D eigenvalue weighted by Gasteiger charge is -2.28. The van der Waals surface area contributed by atoms with E-state index in [1.165, 1.54) is 0 Å². The standard InChI is InChI=1S/C34H57N3O4S2.C2H6/c1-5-7-8-9-10-11-12-13-14-15-16-17-18-19-20-21-22-23-30(38)35-26-28-42-43-29-27-36-31(39)24-25-37-33(41)32(40)34(3,4)6-2;1-2/h7-8,10-11,13-14,16-17,19-20,32,40H,5-6,9,12,15,18,21-29H2,1-4H3,(H,35,38)(H,36,39)(H,37,41);1-2H3/b8-7-,11-10-,14-13-,17-16-,20-19-;/t32-;/m0./s1. The molecule has 0 rings (SSSR count). The fraction of sp³-hybridized carbons (Fsp3) is 0.639. The van der Waals surface area contributed by atoms with Crippen molar-refractivity contribution in [3.63, 3.8) is 0 Å². The number of carbonyl (C=O) groups excluding carboxylic acids is 3.